The van der Waals surface area contributed by atoms with E-state index in [1.165, 1.54) is 60.7 Å². The lowest BCUT2D eigenvalue weighted by molar-refractivity contribution is -0.438. The number of imide groups is 1. The lowest BCUT2D eigenvalue weighted by Gasteiger charge is -2.27. The molecule has 1 fully saturated rings. The van der Waals surface area contributed by atoms with Gasteiger partial charge in [-0.15, -0.1) is 0 Å². The first-order valence-corrected chi connectivity index (χ1v) is 25.3. The van der Waals surface area contributed by atoms with Crippen molar-refractivity contribution < 1.29 is 31.9 Å². The average molecular weight is 901 g/mol. The fourth-order valence-corrected chi connectivity index (χ4v) is 11.0. The van der Waals surface area contributed by atoms with Gasteiger partial charge in [-0.05, 0) is 84.7 Å². The van der Waals surface area contributed by atoms with Crippen molar-refractivity contribution in [3.63, 3.8) is 0 Å². The van der Waals surface area contributed by atoms with Crippen LogP contribution in [0.25, 0.3) is 21.5 Å². The van der Waals surface area contributed by atoms with Crippen molar-refractivity contribution in [2.45, 2.75) is 88.7 Å². The van der Waals surface area contributed by atoms with Crippen molar-refractivity contribution in [1.82, 2.24) is 10.2 Å². The second-order valence-corrected chi connectivity index (χ2v) is 20.5. The summed E-state index contributed by atoms with van der Waals surface area (Å²) in [6.07, 6.45) is 20.5. The third kappa shape index (κ3) is 9.99. The van der Waals surface area contributed by atoms with Crippen molar-refractivity contribution in [1.29, 1.82) is 0 Å². The monoisotopic (exact) mass is 900 g/mol. The van der Waals surface area contributed by atoms with E-state index in [0.717, 1.165) is 37.2 Å². The number of benzene rings is 4. The molecule has 12 heteroatoms. The first-order chi connectivity index (χ1) is 30.6. The molecule has 0 saturated carbocycles. The van der Waals surface area contributed by atoms with Gasteiger partial charge in [0.25, 0.3) is 0 Å². The minimum absolute atomic E-state index is 0.0680. The van der Waals surface area contributed by atoms with E-state index in [-0.39, 0.29) is 59.1 Å². The van der Waals surface area contributed by atoms with E-state index in [1.54, 1.807) is 0 Å². The molecule has 0 aromatic heterocycles. The number of amides is 3. The van der Waals surface area contributed by atoms with Gasteiger partial charge in [0.2, 0.25) is 23.4 Å². The van der Waals surface area contributed by atoms with E-state index < -0.39 is 10.1 Å². The molecule has 3 aliphatic heterocycles. The SMILES string of the molecule is CSC1CC(=O)N(CCNC(=O)CCCCCN2/C(=C/C=C/C=C/C=C/C3=[N+](CCCCS(=O)(=O)[O-])c4ccc5ccccc5c4C3(C)C)C(C)(C)c3c2ccc2ccccc32)C1=O. The molecule has 0 bridgehead atoms. The van der Waals surface area contributed by atoms with Crippen LogP contribution in [0.5, 0.6) is 0 Å². The Morgan fingerprint density at radius 3 is 2.17 bits per heavy atom. The maximum absolute atomic E-state index is 12.7. The molecule has 0 spiro atoms. The topological polar surface area (TPSA) is 130 Å². The fraction of sp³-hybridized carbons (Fsp3) is 0.385. The van der Waals surface area contributed by atoms with Crippen LogP contribution < -0.4 is 10.2 Å². The summed E-state index contributed by atoms with van der Waals surface area (Å²) in [6, 6.07) is 25.7. The number of carbonyl (C=O) groups excluding carboxylic acids is 3. The normalized spacial score (nSPS) is 18.9. The average Bonchev–Trinajstić information content (AvgIpc) is 3.76. The highest BCUT2D eigenvalue weighted by Crippen LogP contribution is 2.51. The summed E-state index contributed by atoms with van der Waals surface area (Å²) in [7, 11) is -4.27. The Bertz CT molecular complexity index is 2710. The summed E-state index contributed by atoms with van der Waals surface area (Å²) in [5.74, 6) is -0.767. The highest BCUT2D eigenvalue weighted by atomic mass is 32.2. The number of rotatable bonds is 19. The van der Waals surface area contributed by atoms with Crippen LogP contribution in [0.2, 0.25) is 0 Å². The number of likely N-dealkylation sites (tertiary alicyclic amines) is 1. The van der Waals surface area contributed by atoms with Gasteiger partial charge in [-0.1, -0.05) is 105 Å². The molecule has 3 amide bonds. The Morgan fingerprint density at radius 1 is 0.797 bits per heavy atom. The highest BCUT2D eigenvalue weighted by molar-refractivity contribution is 8.00. The number of unbranched alkanes of at least 4 members (excludes halogenated alkanes) is 3. The quantitative estimate of drug-likeness (QED) is 0.0324. The van der Waals surface area contributed by atoms with E-state index in [2.05, 4.69) is 140 Å². The fourth-order valence-electron chi connectivity index (χ4n) is 9.79. The molecule has 1 saturated heterocycles. The third-order valence-electron chi connectivity index (χ3n) is 12.9. The van der Waals surface area contributed by atoms with Crippen LogP contribution in [-0.2, 0) is 35.3 Å². The summed E-state index contributed by atoms with van der Waals surface area (Å²) >= 11 is 1.39. The Balaban J connectivity index is 1.02. The molecule has 4 aromatic rings. The predicted octanol–water partition coefficient (Wildman–Crippen LogP) is 9.21. The van der Waals surface area contributed by atoms with Crippen molar-refractivity contribution >= 4 is 78.2 Å². The van der Waals surface area contributed by atoms with E-state index in [4.69, 9.17) is 0 Å². The number of anilines is 1. The Labute approximate surface area is 382 Å². The molecule has 4 aromatic carbocycles. The molecule has 7 rings (SSSR count). The van der Waals surface area contributed by atoms with Crippen LogP contribution in [0.15, 0.2) is 121 Å². The molecular weight excluding hydrogens is 841 g/mol. The number of fused-ring (bicyclic) bond motifs is 6. The number of hydrogen-bond acceptors (Lipinski definition) is 8. The van der Waals surface area contributed by atoms with Gasteiger partial charge in [-0.25, -0.2) is 8.42 Å². The highest BCUT2D eigenvalue weighted by Gasteiger charge is 2.45. The van der Waals surface area contributed by atoms with Crippen LogP contribution in [-0.4, -0.2) is 89.3 Å². The molecule has 10 nitrogen and oxygen atoms in total. The van der Waals surface area contributed by atoms with Gasteiger partial charge in [-0.3, -0.25) is 19.3 Å². The zero-order valence-electron chi connectivity index (χ0n) is 37.6. The smallest absolute Gasteiger partial charge is 0.242 e. The van der Waals surface area contributed by atoms with Crippen LogP contribution >= 0.6 is 11.8 Å². The van der Waals surface area contributed by atoms with Crippen LogP contribution in [0, 0.1) is 0 Å². The van der Waals surface area contributed by atoms with Crippen molar-refractivity contribution in [3.8, 4) is 0 Å². The molecule has 0 aliphatic carbocycles. The van der Waals surface area contributed by atoms with Crippen molar-refractivity contribution in [3.05, 3.63) is 132 Å². The Morgan fingerprint density at radius 2 is 1.47 bits per heavy atom. The zero-order valence-corrected chi connectivity index (χ0v) is 39.3. The minimum Gasteiger partial charge on any atom is -0.748 e. The molecule has 0 radical (unpaired) electrons. The standard InChI is InChI=1S/C52H60N4O6S2/c1-51(2)44(24-10-7-6-8-11-25-45-52(3,4)49-40-23-16-14-21-38(40)28-30-42(49)55(45)33-18-19-35-64(60,61)62)54(41-29-27-37-20-13-15-22-39(37)48(41)51)32-17-9-12-26-46(57)53-31-34-56-47(58)36-43(63-5)50(56)59/h6-8,10-11,13-16,20-25,27-30,43H,9,12,17-19,26,31-36H2,1-5H3,(H-,53,57,60,61,62). The molecule has 64 heavy (non-hydrogen) atoms. The summed E-state index contributed by atoms with van der Waals surface area (Å²) in [5, 5.41) is 7.40. The molecule has 3 heterocycles. The van der Waals surface area contributed by atoms with Gasteiger partial charge in [-0.2, -0.15) is 16.3 Å². The second kappa shape index (κ2) is 19.8. The van der Waals surface area contributed by atoms with Crippen LogP contribution in [0.4, 0.5) is 11.4 Å². The molecule has 336 valence electrons. The zero-order chi connectivity index (χ0) is 45.6. The summed E-state index contributed by atoms with van der Waals surface area (Å²) in [5.41, 5.74) is 6.62. The molecule has 3 aliphatic rings. The lowest BCUT2D eigenvalue weighted by atomic mass is 9.79. The van der Waals surface area contributed by atoms with Gasteiger partial charge >= 0.3 is 0 Å². The minimum atomic E-state index is -4.27. The summed E-state index contributed by atoms with van der Waals surface area (Å²) in [4.78, 5) is 41.0. The lowest BCUT2D eigenvalue weighted by Crippen LogP contribution is -2.38. The molecule has 1 atom stereocenters. The van der Waals surface area contributed by atoms with Gasteiger partial charge in [0.1, 0.15) is 6.54 Å². The second-order valence-electron chi connectivity index (χ2n) is 17.9. The van der Waals surface area contributed by atoms with Crippen molar-refractivity contribution in [2.24, 2.45) is 0 Å². The number of thioether (sulfide) groups is 1. The number of allylic oxidation sites excluding steroid dienone is 8. The maximum Gasteiger partial charge on any atom is 0.242 e. The maximum atomic E-state index is 12.7. The largest absolute Gasteiger partial charge is 0.748 e. The van der Waals surface area contributed by atoms with Crippen LogP contribution in [0.3, 0.4) is 0 Å². The Hall–Kier alpha value is -5.30. The van der Waals surface area contributed by atoms with E-state index in [0.29, 0.717) is 25.8 Å². The first kappa shape index (κ1) is 46.7. The predicted molar refractivity (Wildman–Crippen MR) is 261 cm³/mol. The van der Waals surface area contributed by atoms with Gasteiger partial charge in [0, 0.05) is 79.2 Å². The summed E-state index contributed by atoms with van der Waals surface area (Å²) < 4.78 is 36.3. The van der Waals surface area contributed by atoms with E-state index >= 15 is 0 Å². The third-order valence-corrected chi connectivity index (χ3v) is 14.6. The van der Waals surface area contributed by atoms with E-state index in [9.17, 15) is 27.4 Å². The molecular formula is C52H60N4O6S2. The van der Waals surface area contributed by atoms with Gasteiger partial charge in [0.05, 0.1) is 20.8 Å². The van der Waals surface area contributed by atoms with Gasteiger partial charge < -0.3 is 14.8 Å². The van der Waals surface area contributed by atoms with E-state index in [1.807, 2.05) is 24.5 Å². The molecule has 1 unspecified atom stereocenters. The summed E-state index contributed by atoms with van der Waals surface area (Å²) in [6.45, 7) is 10.9. The van der Waals surface area contributed by atoms with Crippen LogP contribution in [0.1, 0.15) is 83.8 Å². The first-order valence-electron chi connectivity index (χ1n) is 22.4. The van der Waals surface area contributed by atoms with Gasteiger partial charge in [0.15, 0.2) is 5.71 Å². The molecule has 1 N–H and O–H groups in total. The number of carbonyl (C=O) groups is 3. The number of nitrogens with zero attached hydrogens (tertiary/aromatic N) is 3. The number of nitrogens with one attached hydrogen (secondary N) is 1. The van der Waals surface area contributed by atoms with Crippen molar-refractivity contribution in [2.75, 3.05) is 43.1 Å². The Kier molecular flexibility index (Phi) is 14.5. The number of hydrogen-bond donors (Lipinski definition) is 1.